The normalized spacial score (nSPS) is 26.3. The standard InChI is InChI=1S/C84H153NO18/c1-3-5-7-9-11-13-15-17-19-21-22-23-24-25-26-27-28-29-30-31-32-33-34-35-36-37-38-39-40-41-42-43-44-46-48-50-52-54-56-58-60-62-72(90)85-67(68(89)61-59-57-55-53-51-49-47-45-20-18-16-14-12-10-8-6-4-2)66-98-82-78(96)75(93)80(70(64-87)100-82)103-84-79(97)76(94)81(71(65-88)101-84)102-83-77(95)74(92)73(91)69(63-86)99-83/h15,17,21-22,24-25,51,53,59,61,67-71,73-84,86-89,91-97H,3-14,16,18-20,23,26-50,52,54-58,60,62-66H2,1-2H3,(H,85,90)/b17-15-,22-21-,25-24-,53-51+,61-59+. The van der Waals surface area contributed by atoms with Gasteiger partial charge in [-0.2, -0.15) is 0 Å². The second-order valence-electron chi connectivity index (χ2n) is 29.9. The number of ether oxygens (including phenoxy) is 6. The van der Waals surface area contributed by atoms with Crippen LogP contribution in [0.1, 0.15) is 335 Å². The summed E-state index contributed by atoms with van der Waals surface area (Å²) in [4.78, 5) is 13.5. The maximum atomic E-state index is 13.5. The van der Waals surface area contributed by atoms with Gasteiger partial charge in [-0.25, -0.2) is 0 Å². The molecule has 3 heterocycles. The summed E-state index contributed by atoms with van der Waals surface area (Å²) in [6, 6.07) is -0.990. The van der Waals surface area contributed by atoms with Gasteiger partial charge >= 0.3 is 0 Å². The topological polar surface area (TPSA) is 307 Å². The summed E-state index contributed by atoms with van der Waals surface area (Å²) in [5.41, 5.74) is 0. The van der Waals surface area contributed by atoms with Gasteiger partial charge in [0.2, 0.25) is 5.91 Å². The van der Waals surface area contributed by atoms with Crippen LogP contribution in [0.4, 0.5) is 0 Å². The number of hydrogen-bond donors (Lipinski definition) is 12. The number of rotatable bonds is 67. The van der Waals surface area contributed by atoms with Crippen LogP contribution in [0.3, 0.4) is 0 Å². The molecular weight excluding hydrogens is 1310 g/mol. The van der Waals surface area contributed by atoms with Gasteiger partial charge in [0.25, 0.3) is 0 Å². The molecular formula is C84H153NO18. The van der Waals surface area contributed by atoms with Gasteiger partial charge in [0.1, 0.15) is 73.2 Å². The zero-order valence-electron chi connectivity index (χ0n) is 64.5. The fourth-order valence-electron chi connectivity index (χ4n) is 14.0. The zero-order chi connectivity index (χ0) is 74.6. The Morgan fingerprint density at radius 2 is 0.650 bits per heavy atom. The van der Waals surface area contributed by atoms with Crippen molar-refractivity contribution < 1.29 is 89.4 Å². The molecule has 0 aromatic heterocycles. The highest BCUT2D eigenvalue weighted by molar-refractivity contribution is 5.76. The Labute approximate surface area is 624 Å². The molecule has 3 aliphatic rings. The number of hydrogen-bond acceptors (Lipinski definition) is 18. The highest BCUT2D eigenvalue weighted by Gasteiger charge is 2.54. The summed E-state index contributed by atoms with van der Waals surface area (Å²) in [6.45, 7) is 1.73. The number of amides is 1. The molecule has 19 nitrogen and oxygen atoms in total. The van der Waals surface area contributed by atoms with Crippen LogP contribution in [0, 0.1) is 0 Å². The molecule has 0 radical (unpaired) electrons. The number of allylic oxidation sites excluding steroid dienone is 9. The summed E-state index contributed by atoms with van der Waals surface area (Å²) in [6.07, 6.45) is 56.7. The Morgan fingerprint density at radius 3 is 1.04 bits per heavy atom. The van der Waals surface area contributed by atoms with Crippen LogP contribution < -0.4 is 5.32 Å². The Bertz CT molecular complexity index is 2090. The van der Waals surface area contributed by atoms with Gasteiger partial charge < -0.3 is 89.9 Å². The predicted octanol–water partition coefficient (Wildman–Crippen LogP) is 14.6. The molecule has 0 bridgehead atoms. The fraction of sp³-hybridized carbons (Fsp3) is 0.869. The minimum atomic E-state index is -1.98. The van der Waals surface area contributed by atoms with Gasteiger partial charge in [-0.1, -0.05) is 319 Å². The van der Waals surface area contributed by atoms with E-state index in [1.807, 2.05) is 6.08 Å². The molecule has 0 aliphatic carbocycles. The van der Waals surface area contributed by atoms with Gasteiger partial charge in [0.05, 0.1) is 38.6 Å². The zero-order valence-corrected chi connectivity index (χ0v) is 64.5. The molecule has 17 atom stereocenters. The van der Waals surface area contributed by atoms with E-state index in [2.05, 4.69) is 67.8 Å². The summed E-state index contributed by atoms with van der Waals surface area (Å²) in [5.74, 6) is -0.280. The smallest absolute Gasteiger partial charge is 0.220 e. The second kappa shape index (κ2) is 64.3. The number of aliphatic hydroxyl groups excluding tert-OH is 11. The van der Waals surface area contributed by atoms with Crippen molar-refractivity contribution in [2.24, 2.45) is 0 Å². The first-order valence-corrected chi connectivity index (χ1v) is 42.0. The average molecular weight is 1470 g/mol. The number of carbonyl (C=O) groups excluding carboxylic acids is 1. The molecule has 3 fully saturated rings. The van der Waals surface area contributed by atoms with Gasteiger partial charge in [0, 0.05) is 6.42 Å². The van der Waals surface area contributed by atoms with Crippen LogP contribution in [0.5, 0.6) is 0 Å². The number of carbonyl (C=O) groups is 1. The molecule has 3 saturated heterocycles. The molecule has 3 aliphatic heterocycles. The van der Waals surface area contributed by atoms with E-state index in [0.717, 1.165) is 51.4 Å². The molecule has 0 saturated carbocycles. The first kappa shape index (κ1) is 94.7. The van der Waals surface area contributed by atoms with Crippen LogP contribution in [0.15, 0.2) is 60.8 Å². The molecule has 0 spiro atoms. The van der Waals surface area contributed by atoms with Crippen LogP contribution in [0.25, 0.3) is 0 Å². The van der Waals surface area contributed by atoms with Crippen molar-refractivity contribution in [1.82, 2.24) is 5.32 Å². The van der Waals surface area contributed by atoms with Crippen molar-refractivity contribution in [2.75, 3.05) is 26.4 Å². The van der Waals surface area contributed by atoms with Crippen molar-refractivity contribution >= 4 is 5.91 Å². The maximum absolute atomic E-state index is 13.5. The molecule has 0 aromatic rings. The van der Waals surface area contributed by atoms with Crippen LogP contribution in [0.2, 0.25) is 0 Å². The van der Waals surface area contributed by atoms with E-state index in [1.165, 1.54) is 250 Å². The molecule has 1 amide bonds. The molecule has 19 heteroatoms. The third-order valence-electron chi connectivity index (χ3n) is 20.8. The van der Waals surface area contributed by atoms with Crippen LogP contribution in [-0.2, 0) is 33.2 Å². The molecule has 602 valence electrons. The Hall–Kier alpha value is -2.51. The monoisotopic (exact) mass is 1460 g/mol. The maximum Gasteiger partial charge on any atom is 0.220 e. The Morgan fingerprint density at radius 1 is 0.350 bits per heavy atom. The van der Waals surface area contributed by atoms with Crippen LogP contribution in [-0.4, -0.2) is 193 Å². The first-order chi connectivity index (χ1) is 50.3. The van der Waals surface area contributed by atoms with Gasteiger partial charge in [-0.15, -0.1) is 0 Å². The minimum Gasteiger partial charge on any atom is -0.394 e. The molecule has 103 heavy (non-hydrogen) atoms. The lowest BCUT2D eigenvalue weighted by Crippen LogP contribution is -2.66. The average Bonchev–Trinajstić information content (AvgIpc) is 0.782. The van der Waals surface area contributed by atoms with Gasteiger partial charge in [-0.05, 0) is 70.6 Å². The lowest BCUT2D eigenvalue weighted by molar-refractivity contribution is -0.379. The van der Waals surface area contributed by atoms with Crippen molar-refractivity contribution in [3.8, 4) is 0 Å². The minimum absolute atomic E-state index is 0.238. The highest BCUT2D eigenvalue weighted by Crippen LogP contribution is 2.33. The molecule has 3 rings (SSSR count). The predicted molar refractivity (Wildman–Crippen MR) is 411 cm³/mol. The SMILES string of the molecule is CCCCCCC/C=C\C/C=C\C/C=C\CCCCCCCCCCCCCCCCCCCCCCCCCCCCC(=O)NC(COC1OC(CO)C(OC2OC(CO)C(OC3OC(CO)C(O)C(O)C3O)C(O)C2O)C(O)C1O)C(O)/C=C/CC/C=C/CCCCCCCCCCCCC. The lowest BCUT2D eigenvalue weighted by Gasteiger charge is -2.48. The van der Waals surface area contributed by atoms with E-state index in [-0.39, 0.29) is 18.9 Å². The number of nitrogens with one attached hydrogen (secondary N) is 1. The van der Waals surface area contributed by atoms with E-state index < -0.39 is 124 Å². The van der Waals surface area contributed by atoms with Crippen molar-refractivity contribution in [3.63, 3.8) is 0 Å². The fourth-order valence-corrected chi connectivity index (χ4v) is 14.0. The van der Waals surface area contributed by atoms with E-state index in [0.29, 0.717) is 12.8 Å². The van der Waals surface area contributed by atoms with E-state index >= 15 is 0 Å². The second-order valence-corrected chi connectivity index (χ2v) is 29.9. The Kier molecular flexibility index (Phi) is 59.1. The van der Waals surface area contributed by atoms with E-state index in [1.54, 1.807) is 6.08 Å². The molecule has 12 N–H and O–H groups in total. The van der Waals surface area contributed by atoms with E-state index in [4.69, 9.17) is 28.4 Å². The van der Waals surface area contributed by atoms with Crippen molar-refractivity contribution in [1.29, 1.82) is 0 Å². The van der Waals surface area contributed by atoms with E-state index in [9.17, 15) is 61.0 Å². The van der Waals surface area contributed by atoms with Crippen LogP contribution >= 0.6 is 0 Å². The Balaban J connectivity index is 1.29. The van der Waals surface area contributed by atoms with Crippen molar-refractivity contribution in [3.05, 3.63) is 60.8 Å². The summed E-state index contributed by atoms with van der Waals surface area (Å²) >= 11 is 0. The molecule has 0 aromatic carbocycles. The quantitative estimate of drug-likeness (QED) is 0.0199. The van der Waals surface area contributed by atoms with Crippen molar-refractivity contribution in [2.45, 2.75) is 439 Å². The molecule has 17 unspecified atom stereocenters. The summed E-state index contributed by atoms with van der Waals surface area (Å²) in [7, 11) is 0. The first-order valence-electron chi connectivity index (χ1n) is 42.0. The number of aliphatic hydroxyl groups is 11. The summed E-state index contributed by atoms with van der Waals surface area (Å²) in [5, 5.41) is 121. The summed E-state index contributed by atoms with van der Waals surface area (Å²) < 4.78 is 34.4. The lowest BCUT2D eigenvalue weighted by atomic mass is 9.96. The number of unbranched alkanes of at least 4 members (excludes halogenated alkanes) is 43. The van der Waals surface area contributed by atoms with Gasteiger partial charge in [0.15, 0.2) is 18.9 Å². The van der Waals surface area contributed by atoms with Gasteiger partial charge in [-0.3, -0.25) is 4.79 Å². The highest BCUT2D eigenvalue weighted by atomic mass is 16.8. The third kappa shape index (κ3) is 44.1. The largest absolute Gasteiger partial charge is 0.394 e. The third-order valence-corrected chi connectivity index (χ3v) is 20.8.